The van der Waals surface area contributed by atoms with E-state index in [0.29, 0.717) is 24.1 Å². The summed E-state index contributed by atoms with van der Waals surface area (Å²) in [5.41, 5.74) is 8.98. The molecule has 1 aromatic rings. The second-order valence-corrected chi connectivity index (χ2v) is 8.45. The zero-order valence-corrected chi connectivity index (χ0v) is 17.5. The van der Waals surface area contributed by atoms with E-state index in [0.717, 1.165) is 36.2 Å². The molecule has 2 unspecified atom stereocenters. The molecule has 29 heavy (non-hydrogen) atoms. The third kappa shape index (κ3) is 4.81. The van der Waals surface area contributed by atoms with Crippen LogP contribution < -0.4 is 16.0 Å². The number of amides is 1. The lowest BCUT2D eigenvalue weighted by Gasteiger charge is -2.31. The van der Waals surface area contributed by atoms with Crippen molar-refractivity contribution < 1.29 is 18.0 Å². The summed E-state index contributed by atoms with van der Waals surface area (Å²) in [5, 5.41) is 2.95. The van der Waals surface area contributed by atoms with Gasteiger partial charge in [-0.2, -0.15) is 13.2 Å². The van der Waals surface area contributed by atoms with Crippen molar-refractivity contribution in [1.82, 2.24) is 5.32 Å². The molecule has 3 fully saturated rings. The van der Waals surface area contributed by atoms with Crippen LogP contribution in [0.25, 0.3) is 0 Å². The molecular formula is C22H32F3N3O. The fourth-order valence-electron chi connectivity index (χ4n) is 4.58. The Morgan fingerprint density at radius 3 is 2.24 bits per heavy atom. The molecule has 1 aliphatic heterocycles. The van der Waals surface area contributed by atoms with E-state index < -0.39 is 12.1 Å². The fraction of sp³-hybridized carbons (Fsp3) is 0.682. The predicted molar refractivity (Wildman–Crippen MR) is 110 cm³/mol. The van der Waals surface area contributed by atoms with Gasteiger partial charge in [-0.15, -0.1) is 0 Å². The summed E-state index contributed by atoms with van der Waals surface area (Å²) < 4.78 is 38.5. The number of alkyl halides is 3. The number of nitrogen functional groups attached to an aromatic ring is 1. The Kier molecular flexibility index (Phi) is 6.34. The molecule has 2 aliphatic carbocycles. The molecule has 1 saturated heterocycles. The topological polar surface area (TPSA) is 58.4 Å². The monoisotopic (exact) mass is 411 g/mol. The highest BCUT2D eigenvalue weighted by molar-refractivity contribution is 6.01. The molecule has 3 N–H and O–H groups in total. The lowest BCUT2D eigenvalue weighted by Crippen LogP contribution is -2.40. The summed E-state index contributed by atoms with van der Waals surface area (Å²) in [6.45, 7) is 7.85. The molecule has 0 bridgehead atoms. The van der Waals surface area contributed by atoms with Crippen LogP contribution in [0.4, 0.5) is 24.5 Å². The van der Waals surface area contributed by atoms with E-state index in [-0.39, 0.29) is 24.8 Å². The van der Waals surface area contributed by atoms with Crippen molar-refractivity contribution in [3.05, 3.63) is 23.3 Å². The van der Waals surface area contributed by atoms with Crippen LogP contribution in [0.15, 0.2) is 12.1 Å². The average Bonchev–Trinajstić information content (AvgIpc) is 3.30. The first-order valence-electron chi connectivity index (χ1n) is 10.7. The lowest BCUT2D eigenvalue weighted by molar-refractivity contribution is -0.182. The van der Waals surface area contributed by atoms with Crippen molar-refractivity contribution >= 4 is 17.3 Å². The summed E-state index contributed by atoms with van der Waals surface area (Å²) in [5.74, 6) is -0.00637. The summed E-state index contributed by atoms with van der Waals surface area (Å²) in [6, 6.07) is 3.47. The molecule has 162 valence electrons. The molecule has 1 heterocycles. The molecule has 4 rings (SSSR count). The Balaban J connectivity index is 0.00000117. The highest BCUT2D eigenvalue weighted by Gasteiger charge is 2.46. The molecule has 2 saturated carbocycles. The van der Waals surface area contributed by atoms with E-state index in [4.69, 9.17) is 5.73 Å². The van der Waals surface area contributed by atoms with Gasteiger partial charge in [0.2, 0.25) is 0 Å². The minimum atomic E-state index is -4.13. The first-order chi connectivity index (χ1) is 13.7. The summed E-state index contributed by atoms with van der Waals surface area (Å²) in [7, 11) is 0. The molecule has 0 radical (unpaired) electrons. The van der Waals surface area contributed by atoms with E-state index >= 15 is 0 Å². The van der Waals surface area contributed by atoms with Gasteiger partial charge < -0.3 is 16.0 Å². The van der Waals surface area contributed by atoms with Crippen molar-refractivity contribution in [2.24, 2.45) is 17.8 Å². The average molecular weight is 412 g/mol. The minimum absolute atomic E-state index is 0.0762. The predicted octanol–water partition coefficient (Wildman–Crippen LogP) is 4.91. The first-order valence-corrected chi connectivity index (χ1v) is 10.7. The van der Waals surface area contributed by atoms with Crippen LogP contribution in [0.3, 0.4) is 0 Å². The Morgan fingerprint density at radius 1 is 1.10 bits per heavy atom. The Hall–Kier alpha value is -1.92. The number of anilines is 2. The number of aryl methyl sites for hydroxylation is 1. The van der Waals surface area contributed by atoms with Crippen LogP contribution in [0, 0.1) is 24.7 Å². The highest BCUT2D eigenvalue weighted by atomic mass is 19.4. The van der Waals surface area contributed by atoms with E-state index in [1.165, 1.54) is 6.42 Å². The first kappa shape index (κ1) is 21.8. The zero-order valence-electron chi connectivity index (χ0n) is 17.5. The third-order valence-corrected chi connectivity index (χ3v) is 6.47. The SMILES string of the molecule is CC.Cc1cc(N2CC3CC3C2)c(C(=O)NC2CCC(C(F)(F)F)CC2)cc1N. The zero-order chi connectivity index (χ0) is 21.3. The van der Waals surface area contributed by atoms with Crippen molar-refractivity contribution in [3.63, 3.8) is 0 Å². The van der Waals surface area contributed by atoms with E-state index in [2.05, 4.69) is 10.2 Å². The van der Waals surface area contributed by atoms with Gasteiger partial charge in [0.15, 0.2) is 0 Å². The standard InChI is InChI=1S/C20H26F3N3O.C2H6/c1-11-6-18(26-9-12-7-13(12)10-26)16(8-17(11)24)19(27)25-15-4-2-14(3-5-15)20(21,22)23;1-2/h6,8,12-15H,2-5,7,9-10,24H2,1H3,(H,25,27);1-2H3. The van der Waals surface area contributed by atoms with Crippen LogP contribution in [0.5, 0.6) is 0 Å². The van der Waals surface area contributed by atoms with Crippen molar-refractivity contribution in [3.8, 4) is 0 Å². The number of halogens is 3. The van der Waals surface area contributed by atoms with Crippen LogP contribution in [-0.4, -0.2) is 31.2 Å². The number of rotatable bonds is 3. The number of hydrogen-bond acceptors (Lipinski definition) is 3. The fourth-order valence-corrected chi connectivity index (χ4v) is 4.58. The van der Waals surface area contributed by atoms with Gasteiger partial charge in [-0.25, -0.2) is 0 Å². The van der Waals surface area contributed by atoms with Crippen molar-refractivity contribution in [2.45, 2.75) is 65.1 Å². The number of fused-ring (bicyclic) bond motifs is 1. The number of nitrogens with one attached hydrogen (secondary N) is 1. The smallest absolute Gasteiger partial charge is 0.391 e. The Morgan fingerprint density at radius 2 is 1.69 bits per heavy atom. The largest absolute Gasteiger partial charge is 0.398 e. The van der Waals surface area contributed by atoms with Gasteiger partial charge in [-0.05, 0) is 68.6 Å². The summed E-state index contributed by atoms with van der Waals surface area (Å²) in [6.07, 6.45) is -1.99. The quantitative estimate of drug-likeness (QED) is 0.695. The molecule has 7 heteroatoms. The number of nitrogens with zero attached hydrogens (tertiary/aromatic N) is 1. The van der Waals surface area contributed by atoms with Crippen LogP contribution in [0.1, 0.15) is 61.9 Å². The second-order valence-electron chi connectivity index (χ2n) is 8.45. The van der Waals surface area contributed by atoms with Gasteiger partial charge in [0.05, 0.1) is 11.5 Å². The van der Waals surface area contributed by atoms with Crippen LogP contribution >= 0.6 is 0 Å². The number of piperidine rings is 1. The third-order valence-electron chi connectivity index (χ3n) is 6.47. The lowest BCUT2D eigenvalue weighted by atomic mass is 9.85. The molecule has 2 atom stereocenters. The second kappa shape index (κ2) is 8.44. The Bertz CT molecular complexity index is 732. The van der Waals surface area contributed by atoms with E-state index in [1.54, 1.807) is 6.07 Å². The maximum Gasteiger partial charge on any atom is 0.391 e. The molecular weight excluding hydrogens is 379 g/mol. The normalized spacial score (nSPS) is 28.3. The maximum atomic E-state index is 12.9. The van der Waals surface area contributed by atoms with Gasteiger partial charge in [0, 0.05) is 30.5 Å². The van der Waals surface area contributed by atoms with E-state index in [1.807, 2.05) is 26.8 Å². The van der Waals surface area contributed by atoms with Gasteiger partial charge in [0.25, 0.3) is 5.91 Å². The van der Waals surface area contributed by atoms with Gasteiger partial charge >= 0.3 is 6.18 Å². The summed E-state index contributed by atoms with van der Waals surface area (Å²) >= 11 is 0. The van der Waals surface area contributed by atoms with Gasteiger partial charge in [0.1, 0.15) is 0 Å². The molecule has 3 aliphatic rings. The van der Waals surface area contributed by atoms with Crippen LogP contribution in [-0.2, 0) is 0 Å². The number of hydrogen-bond donors (Lipinski definition) is 2. The number of carbonyl (C=O) groups excluding carboxylic acids is 1. The Labute approximate surface area is 171 Å². The van der Waals surface area contributed by atoms with E-state index in [9.17, 15) is 18.0 Å². The molecule has 4 nitrogen and oxygen atoms in total. The number of benzene rings is 1. The highest BCUT2D eigenvalue weighted by Crippen LogP contribution is 2.47. The maximum absolute atomic E-state index is 12.9. The van der Waals surface area contributed by atoms with Gasteiger partial charge in [-0.1, -0.05) is 13.8 Å². The molecule has 0 aromatic heterocycles. The number of nitrogens with two attached hydrogens (primary N) is 1. The van der Waals surface area contributed by atoms with Gasteiger partial charge in [-0.3, -0.25) is 4.79 Å². The van der Waals surface area contributed by atoms with Crippen LogP contribution in [0.2, 0.25) is 0 Å². The van der Waals surface area contributed by atoms with Crippen molar-refractivity contribution in [1.29, 1.82) is 0 Å². The molecule has 1 aromatic carbocycles. The van der Waals surface area contributed by atoms with Crippen molar-refractivity contribution in [2.75, 3.05) is 23.7 Å². The molecule has 0 spiro atoms. The summed E-state index contributed by atoms with van der Waals surface area (Å²) in [4.78, 5) is 15.2. The molecule has 1 amide bonds. The number of carbonyl (C=O) groups is 1. The minimum Gasteiger partial charge on any atom is -0.398 e.